The van der Waals surface area contributed by atoms with Gasteiger partial charge in [-0.2, -0.15) is 18.3 Å². The number of carbonyl (C=O) groups is 1. The van der Waals surface area contributed by atoms with Crippen LogP contribution in [0.3, 0.4) is 0 Å². The Morgan fingerprint density at radius 1 is 1.03 bits per heavy atom. The molecule has 0 aliphatic carbocycles. The predicted octanol–water partition coefficient (Wildman–Crippen LogP) is 4.60. The molecular formula is C22H15F3N4O. The van der Waals surface area contributed by atoms with Gasteiger partial charge in [0, 0.05) is 22.7 Å². The first-order valence-corrected chi connectivity index (χ1v) is 8.86. The fourth-order valence-corrected chi connectivity index (χ4v) is 3.13. The van der Waals surface area contributed by atoms with E-state index in [1.807, 2.05) is 0 Å². The van der Waals surface area contributed by atoms with E-state index in [4.69, 9.17) is 5.73 Å². The molecule has 0 aliphatic rings. The van der Waals surface area contributed by atoms with Crippen LogP contribution in [0.2, 0.25) is 0 Å². The van der Waals surface area contributed by atoms with Gasteiger partial charge in [0.25, 0.3) is 0 Å². The number of amides is 1. The van der Waals surface area contributed by atoms with Crippen LogP contribution in [0.1, 0.15) is 11.1 Å². The van der Waals surface area contributed by atoms with E-state index in [1.165, 1.54) is 12.1 Å². The molecule has 150 valence electrons. The summed E-state index contributed by atoms with van der Waals surface area (Å²) >= 11 is 0. The highest BCUT2D eigenvalue weighted by Crippen LogP contribution is 2.33. The van der Waals surface area contributed by atoms with Crippen LogP contribution in [-0.4, -0.2) is 20.7 Å². The minimum Gasteiger partial charge on any atom is -0.366 e. The molecule has 4 rings (SSSR count). The lowest BCUT2D eigenvalue weighted by atomic mass is 10.1. The Balaban J connectivity index is 1.86. The molecule has 0 atom stereocenters. The van der Waals surface area contributed by atoms with Crippen molar-refractivity contribution in [2.75, 3.05) is 0 Å². The SMILES string of the molecule is C=C(C(N)=O)c1cccc(-n2nc(-c3ccc(C(F)(F)F)cc3)c3cccnc32)c1. The number of fused-ring (bicyclic) bond motifs is 1. The highest BCUT2D eigenvalue weighted by atomic mass is 19.4. The lowest BCUT2D eigenvalue weighted by molar-refractivity contribution is -0.137. The van der Waals surface area contributed by atoms with Gasteiger partial charge in [-0.15, -0.1) is 0 Å². The van der Waals surface area contributed by atoms with E-state index in [9.17, 15) is 18.0 Å². The lowest BCUT2D eigenvalue weighted by Gasteiger charge is -2.07. The maximum Gasteiger partial charge on any atom is 0.416 e. The highest BCUT2D eigenvalue weighted by molar-refractivity contribution is 6.17. The van der Waals surface area contributed by atoms with Crippen molar-refractivity contribution in [1.29, 1.82) is 0 Å². The summed E-state index contributed by atoms with van der Waals surface area (Å²) in [5.74, 6) is -0.638. The van der Waals surface area contributed by atoms with Crippen LogP contribution in [0, 0.1) is 0 Å². The number of pyridine rings is 1. The molecule has 2 aromatic heterocycles. The van der Waals surface area contributed by atoms with Gasteiger partial charge in [-0.05, 0) is 42.0 Å². The second-order valence-electron chi connectivity index (χ2n) is 6.60. The average molecular weight is 408 g/mol. The largest absolute Gasteiger partial charge is 0.416 e. The van der Waals surface area contributed by atoms with Crippen molar-refractivity contribution in [3.05, 3.63) is 84.6 Å². The fraction of sp³-hybridized carbons (Fsp3) is 0.0455. The maximum atomic E-state index is 12.9. The Kier molecular flexibility index (Phi) is 4.62. The van der Waals surface area contributed by atoms with E-state index in [2.05, 4.69) is 16.7 Å². The lowest BCUT2D eigenvalue weighted by Crippen LogP contribution is -2.12. The number of nitrogens with zero attached hydrogens (tertiary/aromatic N) is 3. The molecule has 2 aromatic carbocycles. The van der Waals surface area contributed by atoms with Gasteiger partial charge in [0.1, 0.15) is 5.69 Å². The summed E-state index contributed by atoms with van der Waals surface area (Å²) < 4.78 is 40.2. The molecule has 0 bridgehead atoms. The smallest absolute Gasteiger partial charge is 0.366 e. The molecule has 0 spiro atoms. The van der Waals surface area contributed by atoms with Gasteiger partial charge in [0.2, 0.25) is 5.91 Å². The van der Waals surface area contributed by atoms with Crippen LogP contribution >= 0.6 is 0 Å². The zero-order chi connectivity index (χ0) is 21.5. The summed E-state index contributed by atoms with van der Waals surface area (Å²) in [6.45, 7) is 3.69. The monoisotopic (exact) mass is 408 g/mol. The molecule has 2 N–H and O–H groups in total. The molecule has 0 saturated heterocycles. The van der Waals surface area contributed by atoms with E-state index in [1.54, 1.807) is 47.3 Å². The summed E-state index contributed by atoms with van der Waals surface area (Å²) in [7, 11) is 0. The third-order valence-electron chi connectivity index (χ3n) is 4.66. The van der Waals surface area contributed by atoms with Crippen molar-refractivity contribution < 1.29 is 18.0 Å². The van der Waals surface area contributed by atoms with Crippen molar-refractivity contribution in [1.82, 2.24) is 14.8 Å². The first-order valence-electron chi connectivity index (χ1n) is 8.86. The molecule has 1 amide bonds. The summed E-state index contributed by atoms with van der Waals surface area (Å²) in [6, 6.07) is 15.2. The van der Waals surface area contributed by atoms with Crippen molar-refractivity contribution in [3.8, 4) is 16.9 Å². The molecule has 0 aliphatic heterocycles. The standard InChI is InChI=1S/C22H15F3N4O/c1-13(20(26)30)15-4-2-5-17(12-15)29-21-18(6-3-11-27-21)19(28-29)14-7-9-16(10-8-14)22(23,24)25/h2-12H,1H2,(H2,26,30). The van der Waals surface area contributed by atoms with E-state index in [-0.39, 0.29) is 5.57 Å². The second-order valence-corrected chi connectivity index (χ2v) is 6.60. The molecule has 0 radical (unpaired) electrons. The molecule has 5 nitrogen and oxygen atoms in total. The predicted molar refractivity (Wildman–Crippen MR) is 108 cm³/mol. The van der Waals surface area contributed by atoms with Gasteiger partial charge in [-0.3, -0.25) is 4.79 Å². The van der Waals surface area contributed by atoms with Crippen molar-refractivity contribution in [3.63, 3.8) is 0 Å². The highest BCUT2D eigenvalue weighted by Gasteiger charge is 2.30. The van der Waals surface area contributed by atoms with Crippen LogP contribution in [0.4, 0.5) is 13.2 Å². The Morgan fingerprint density at radius 3 is 2.43 bits per heavy atom. The van der Waals surface area contributed by atoms with Gasteiger partial charge in [0.15, 0.2) is 5.65 Å². The van der Waals surface area contributed by atoms with Crippen LogP contribution in [0.5, 0.6) is 0 Å². The van der Waals surface area contributed by atoms with E-state index in [0.717, 1.165) is 12.1 Å². The van der Waals surface area contributed by atoms with Crippen molar-refractivity contribution in [2.45, 2.75) is 6.18 Å². The van der Waals surface area contributed by atoms with E-state index < -0.39 is 17.6 Å². The summed E-state index contributed by atoms with van der Waals surface area (Å²) in [5.41, 5.74) is 7.43. The van der Waals surface area contributed by atoms with Crippen molar-refractivity contribution >= 4 is 22.5 Å². The quantitative estimate of drug-likeness (QED) is 0.502. The Hall–Kier alpha value is -3.94. The number of aromatic nitrogens is 3. The molecule has 30 heavy (non-hydrogen) atoms. The van der Waals surface area contributed by atoms with Gasteiger partial charge in [0.05, 0.1) is 11.3 Å². The minimum absolute atomic E-state index is 0.157. The van der Waals surface area contributed by atoms with Crippen LogP contribution in [0.25, 0.3) is 33.6 Å². The summed E-state index contributed by atoms with van der Waals surface area (Å²) in [4.78, 5) is 15.8. The van der Waals surface area contributed by atoms with Crippen LogP contribution in [0.15, 0.2) is 73.4 Å². The summed E-state index contributed by atoms with van der Waals surface area (Å²) in [6.07, 6.45) is -2.81. The normalized spacial score (nSPS) is 11.6. The van der Waals surface area contributed by atoms with Gasteiger partial charge in [-0.1, -0.05) is 30.8 Å². The first-order chi connectivity index (χ1) is 14.3. The number of nitrogens with two attached hydrogens (primary N) is 1. The molecular weight excluding hydrogens is 393 g/mol. The minimum atomic E-state index is -4.41. The van der Waals surface area contributed by atoms with Crippen LogP contribution < -0.4 is 5.73 Å². The maximum absolute atomic E-state index is 12.9. The number of hydrogen-bond donors (Lipinski definition) is 1. The number of benzene rings is 2. The molecule has 0 fully saturated rings. The zero-order valence-electron chi connectivity index (χ0n) is 15.5. The number of hydrogen-bond acceptors (Lipinski definition) is 3. The van der Waals surface area contributed by atoms with E-state index >= 15 is 0 Å². The number of primary amides is 1. The Morgan fingerprint density at radius 2 is 1.77 bits per heavy atom. The third-order valence-corrected chi connectivity index (χ3v) is 4.66. The van der Waals surface area contributed by atoms with Gasteiger partial charge in [-0.25, -0.2) is 9.67 Å². The number of alkyl halides is 3. The summed E-state index contributed by atoms with van der Waals surface area (Å²) in [5, 5.41) is 5.27. The third kappa shape index (κ3) is 3.43. The molecule has 0 saturated carbocycles. The molecule has 4 aromatic rings. The van der Waals surface area contributed by atoms with E-state index in [0.29, 0.717) is 33.5 Å². The zero-order valence-corrected chi connectivity index (χ0v) is 15.5. The Bertz CT molecular complexity index is 1270. The topological polar surface area (TPSA) is 73.8 Å². The Labute approximate surface area is 169 Å². The molecule has 0 unspecified atom stereocenters. The molecule has 2 heterocycles. The average Bonchev–Trinajstić information content (AvgIpc) is 3.12. The number of carbonyl (C=O) groups excluding carboxylic acids is 1. The molecule has 8 heteroatoms. The fourth-order valence-electron chi connectivity index (χ4n) is 3.13. The second kappa shape index (κ2) is 7.14. The van der Waals surface area contributed by atoms with Crippen LogP contribution in [-0.2, 0) is 11.0 Å². The number of rotatable bonds is 4. The number of halogens is 3. The van der Waals surface area contributed by atoms with Crippen molar-refractivity contribution in [2.24, 2.45) is 5.73 Å². The van der Waals surface area contributed by atoms with Gasteiger partial charge < -0.3 is 5.73 Å². The van der Waals surface area contributed by atoms with Gasteiger partial charge >= 0.3 is 6.18 Å². The first kappa shape index (κ1) is 19.4.